The minimum absolute atomic E-state index is 0.595. The fourth-order valence-corrected chi connectivity index (χ4v) is 9.16. The van der Waals surface area contributed by atoms with E-state index >= 15 is 0 Å². The van der Waals surface area contributed by atoms with Crippen LogP contribution in [0.25, 0.3) is 11.4 Å². The maximum absolute atomic E-state index is 5.15. The number of aromatic nitrogens is 3. The molecule has 0 fully saturated rings. The molecule has 0 radical (unpaired) electrons. The third-order valence-electron chi connectivity index (χ3n) is 12.8. The van der Waals surface area contributed by atoms with E-state index in [1.54, 1.807) is 11.1 Å². The molecular formula is C57H89N5. The van der Waals surface area contributed by atoms with Crippen LogP contribution >= 0.6 is 0 Å². The molecule has 0 saturated heterocycles. The Bertz CT molecular complexity index is 1610. The minimum atomic E-state index is 0.595. The molecule has 0 aliphatic rings. The molecule has 0 unspecified atom stereocenters. The summed E-state index contributed by atoms with van der Waals surface area (Å²) in [6.07, 6.45) is 37.7. The standard InChI is InChI=1S/C57H89N5/c1-7-13-19-26-36-47-42-51(43-48(37-27-20-14-8-2)53(47)40-32-23-17-11-5)58-56-60-55(46-34-30-25-31-35-46)61-57(62-56)59-52-44-49(38-28-21-15-9-3)54(41-33-24-18-12-6)50(45-52)39-29-22-16-10-4/h25,30-31,34-35,42-45H,7-24,26-29,32-33,36-41H2,1-6H3,(H2,58,59,60,61,62). The zero-order valence-corrected chi connectivity index (χ0v) is 40.8. The smallest absolute Gasteiger partial charge is 0.232 e. The van der Waals surface area contributed by atoms with E-state index in [0.29, 0.717) is 17.7 Å². The van der Waals surface area contributed by atoms with Gasteiger partial charge in [-0.1, -0.05) is 187 Å². The maximum atomic E-state index is 5.15. The highest BCUT2D eigenvalue weighted by molar-refractivity contribution is 5.66. The molecule has 0 amide bonds. The molecule has 1 heterocycles. The molecular weight excluding hydrogens is 755 g/mol. The number of hydrogen-bond donors (Lipinski definition) is 2. The molecule has 5 nitrogen and oxygen atoms in total. The third-order valence-corrected chi connectivity index (χ3v) is 12.8. The molecule has 62 heavy (non-hydrogen) atoms. The Balaban J connectivity index is 1.77. The number of nitrogens with one attached hydrogen (secondary N) is 2. The highest BCUT2D eigenvalue weighted by Gasteiger charge is 2.17. The van der Waals surface area contributed by atoms with E-state index in [0.717, 1.165) is 42.6 Å². The lowest BCUT2D eigenvalue weighted by Crippen LogP contribution is -2.09. The van der Waals surface area contributed by atoms with Crippen LogP contribution < -0.4 is 10.6 Å². The van der Waals surface area contributed by atoms with E-state index in [1.807, 2.05) is 0 Å². The molecule has 0 bridgehead atoms. The number of rotatable bonds is 35. The van der Waals surface area contributed by atoms with Crippen molar-refractivity contribution in [3.63, 3.8) is 0 Å². The van der Waals surface area contributed by atoms with Gasteiger partial charge in [0.25, 0.3) is 0 Å². The van der Waals surface area contributed by atoms with E-state index in [4.69, 9.17) is 15.0 Å². The number of hydrogen-bond acceptors (Lipinski definition) is 5. The van der Waals surface area contributed by atoms with Crippen LogP contribution in [0.1, 0.15) is 229 Å². The van der Waals surface area contributed by atoms with Crippen LogP contribution in [0.15, 0.2) is 54.6 Å². The van der Waals surface area contributed by atoms with Crippen LogP contribution in [0, 0.1) is 0 Å². The zero-order valence-electron chi connectivity index (χ0n) is 40.8. The van der Waals surface area contributed by atoms with Gasteiger partial charge in [0.1, 0.15) is 0 Å². The van der Waals surface area contributed by atoms with Crippen molar-refractivity contribution >= 4 is 23.3 Å². The summed E-state index contributed by atoms with van der Waals surface area (Å²) in [4.78, 5) is 15.4. The predicted molar refractivity (Wildman–Crippen MR) is 272 cm³/mol. The van der Waals surface area contributed by atoms with Gasteiger partial charge in [-0.15, -0.1) is 0 Å². The van der Waals surface area contributed by atoms with Gasteiger partial charge in [0.2, 0.25) is 11.9 Å². The summed E-state index contributed by atoms with van der Waals surface area (Å²) in [5.41, 5.74) is 12.5. The number of anilines is 4. The average molecular weight is 844 g/mol. The lowest BCUT2D eigenvalue weighted by Gasteiger charge is -2.20. The first-order valence-corrected chi connectivity index (χ1v) is 26.2. The number of benzene rings is 3. The summed E-state index contributed by atoms with van der Waals surface area (Å²) in [6.45, 7) is 13.9. The van der Waals surface area contributed by atoms with Gasteiger partial charge in [-0.25, -0.2) is 0 Å². The second-order valence-corrected chi connectivity index (χ2v) is 18.3. The van der Waals surface area contributed by atoms with E-state index in [9.17, 15) is 0 Å². The number of unbranched alkanes of at least 4 members (excludes halogenated alkanes) is 18. The topological polar surface area (TPSA) is 62.7 Å². The van der Waals surface area contributed by atoms with Crippen LogP contribution in [0.3, 0.4) is 0 Å². The summed E-state index contributed by atoms with van der Waals surface area (Å²) < 4.78 is 0. The Hall–Kier alpha value is -3.73. The van der Waals surface area contributed by atoms with Crippen molar-refractivity contribution in [1.82, 2.24) is 15.0 Å². The van der Waals surface area contributed by atoms with Crippen LogP contribution in [-0.4, -0.2) is 15.0 Å². The fraction of sp³-hybridized carbons (Fsp3) is 0.632. The zero-order chi connectivity index (χ0) is 44.0. The van der Waals surface area contributed by atoms with Gasteiger partial charge in [-0.3, -0.25) is 0 Å². The summed E-state index contributed by atoms with van der Waals surface area (Å²) >= 11 is 0. The van der Waals surface area contributed by atoms with Crippen molar-refractivity contribution in [2.24, 2.45) is 0 Å². The first-order chi connectivity index (χ1) is 30.5. The van der Waals surface area contributed by atoms with Gasteiger partial charge in [-0.2, -0.15) is 15.0 Å². The second kappa shape index (κ2) is 31.2. The third kappa shape index (κ3) is 18.5. The largest absolute Gasteiger partial charge is 0.324 e. The van der Waals surface area contributed by atoms with E-state index < -0.39 is 0 Å². The number of aryl methyl sites for hydroxylation is 4. The summed E-state index contributed by atoms with van der Waals surface area (Å²) in [5, 5.41) is 7.54. The average Bonchev–Trinajstić information content (AvgIpc) is 3.28. The van der Waals surface area contributed by atoms with Crippen molar-refractivity contribution < 1.29 is 0 Å². The summed E-state index contributed by atoms with van der Waals surface area (Å²) in [7, 11) is 0. The molecule has 0 atom stereocenters. The van der Waals surface area contributed by atoms with Gasteiger partial charge >= 0.3 is 0 Å². The van der Waals surface area contributed by atoms with Crippen LogP contribution in [-0.2, 0) is 38.5 Å². The van der Waals surface area contributed by atoms with Crippen molar-refractivity contribution in [3.8, 4) is 11.4 Å². The van der Waals surface area contributed by atoms with E-state index in [1.165, 1.54) is 189 Å². The molecule has 1 aromatic heterocycles. The molecule has 3 aromatic carbocycles. The normalized spacial score (nSPS) is 11.4. The quantitative estimate of drug-likeness (QED) is 0.0452. The first-order valence-electron chi connectivity index (χ1n) is 26.2. The van der Waals surface area contributed by atoms with Crippen LogP contribution in [0.5, 0.6) is 0 Å². The molecule has 5 heteroatoms. The van der Waals surface area contributed by atoms with Gasteiger partial charge in [-0.05, 0) is 135 Å². The van der Waals surface area contributed by atoms with Crippen molar-refractivity contribution in [2.45, 2.75) is 234 Å². The Morgan fingerprint density at radius 3 is 0.952 bits per heavy atom. The minimum Gasteiger partial charge on any atom is -0.324 e. The highest BCUT2D eigenvalue weighted by atomic mass is 15.2. The Morgan fingerprint density at radius 2 is 0.645 bits per heavy atom. The molecule has 2 N–H and O–H groups in total. The van der Waals surface area contributed by atoms with Crippen molar-refractivity contribution in [3.05, 3.63) is 88.0 Å². The van der Waals surface area contributed by atoms with Crippen LogP contribution in [0.2, 0.25) is 0 Å². The van der Waals surface area contributed by atoms with Crippen molar-refractivity contribution in [1.29, 1.82) is 0 Å². The SMILES string of the molecule is CCCCCCc1cc(Nc2nc(Nc3cc(CCCCCC)c(CCCCCC)c(CCCCCC)c3)nc(-c3ccccc3)n2)cc(CCCCCC)c1CCCCCC. The van der Waals surface area contributed by atoms with Crippen molar-refractivity contribution in [2.75, 3.05) is 10.6 Å². The summed E-state index contributed by atoms with van der Waals surface area (Å²) in [5.74, 6) is 1.88. The number of nitrogens with zero attached hydrogens (tertiary/aromatic N) is 3. The molecule has 0 saturated carbocycles. The fourth-order valence-electron chi connectivity index (χ4n) is 9.16. The predicted octanol–water partition coefficient (Wildman–Crippen LogP) is 17.8. The van der Waals surface area contributed by atoms with Crippen LogP contribution in [0.4, 0.5) is 23.3 Å². The van der Waals surface area contributed by atoms with Gasteiger partial charge in [0, 0.05) is 16.9 Å². The van der Waals surface area contributed by atoms with E-state index in [2.05, 4.69) is 107 Å². The lowest BCUT2D eigenvalue weighted by atomic mass is 9.89. The molecule has 0 aliphatic carbocycles. The maximum Gasteiger partial charge on any atom is 0.232 e. The molecule has 0 aliphatic heterocycles. The lowest BCUT2D eigenvalue weighted by molar-refractivity contribution is 0.639. The van der Waals surface area contributed by atoms with Gasteiger partial charge in [0.05, 0.1) is 0 Å². The highest BCUT2D eigenvalue weighted by Crippen LogP contribution is 2.32. The monoisotopic (exact) mass is 844 g/mol. The second-order valence-electron chi connectivity index (χ2n) is 18.3. The molecule has 4 rings (SSSR count). The van der Waals surface area contributed by atoms with Gasteiger partial charge in [0.15, 0.2) is 5.82 Å². The Morgan fingerprint density at radius 1 is 0.339 bits per heavy atom. The molecule has 4 aromatic rings. The van der Waals surface area contributed by atoms with E-state index in [-0.39, 0.29) is 0 Å². The Kier molecular flexibility index (Phi) is 25.6. The summed E-state index contributed by atoms with van der Waals surface area (Å²) in [6, 6.07) is 20.2. The molecule has 0 spiro atoms. The first kappa shape index (κ1) is 50.9. The molecule has 342 valence electrons. The van der Waals surface area contributed by atoms with Gasteiger partial charge < -0.3 is 10.6 Å². The Labute approximate surface area is 380 Å².